The van der Waals surface area contributed by atoms with E-state index in [1.165, 1.54) is 42.3 Å². The van der Waals surface area contributed by atoms with Crippen LogP contribution in [0.25, 0.3) is 0 Å². The molecule has 0 aromatic rings. The molecule has 0 aromatic heterocycles. The summed E-state index contributed by atoms with van der Waals surface area (Å²) in [5, 5.41) is 10.3. The molecule has 1 fully saturated rings. The van der Waals surface area contributed by atoms with Crippen LogP contribution in [-0.2, 0) is 52.8 Å². The van der Waals surface area contributed by atoms with Crippen LogP contribution < -0.4 is 32.9 Å². The minimum absolute atomic E-state index is 0.00838. The van der Waals surface area contributed by atoms with Crippen molar-refractivity contribution in [2.75, 3.05) is 56.3 Å². The average molecular weight is 918 g/mol. The van der Waals surface area contributed by atoms with E-state index in [0.29, 0.717) is 82.5 Å². The van der Waals surface area contributed by atoms with Crippen molar-refractivity contribution in [3.05, 3.63) is 0 Å². The van der Waals surface area contributed by atoms with Gasteiger partial charge in [0, 0.05) is 69.8 Å². The summed E-state index contributed by atoms with van der Waals surface area (Å²) in [5.74, 6) is 1.72. The number of likely N-dealkylation sites (tertiary alicyclic amines) is 1. The number of carbonyl (C=O) groups excluding carboxylic acids is 10. The number of imide groups is 1. The fourth-order valence-electron chi connectivity index (χ4n) is 6.37. The largest absolute Gasteiger partial charge is 0.369 e. The minimum atomic E-state index is -0.843. The van der Waals surface area contributed by atoms with Crippen molar-refractivity contribution in [1.29, 1.82) is 0 Å². The summed E-state index contributed by atoms with van der Waals surface area (Å²) >= 11 is 3.97. The van der Waals surface area contributed by atoms with E-state index >= 15 is 0 Å². The first-order valence-electron chi connectivity index (χ1n) is 20.8. The van der Waals surface area contributed by atoms with Crippen LogP contribution in [0.5, 0.6) is 0 Å². The molecule has 0 aliphatic carbocycles. The van der Waals surface area contributed by atoms with Crippen molar-refractivity contribution >= 4 is 94.0 Å². The maximum atomic E-state index is 13.2. The summed E-state index contributed by atoms with van der Waals surface area (Å²) in [7, 11) is 0. The molecule has 61 heavy (non-hydrogen) atoms. The molecule has 1 rings (SSSR count). The number of nitrogens with one attached hydrogen (secondary N) is 4. The lowest BCUT2D eigenvalue weighted by molar-refractivity contribution is -0.138. The number of nitrogens with zero attached hydrogens (tertiary/aromatic N) is 1. The standard InChI is InChI=1S/C40H67N7O11S3/c1-5-60-32(20-27(3)49)39(56)45-16-9-8-13-31(46-37(54)29(24-59-4)19-26(2)48)38(55)44-17-11-10-15-43-34(51)14-7-6-12-18-47-35(52)22-33(40(47)57)61-25-28(36(41)53)21-30(50)23-58-42/h28-29,31-33H,5-25,42H2,1-4H3,(H2,41,53)(H,43,51)(H,44,55)(H,45,56)(H,46,54). The normalized spacial score (nSPS) is 15.7. The molecule has 0 aromatic carbocycles. The Kier molecular flexibility index (Phi) is 29.3. The zero-order valence-electron chi connectivity index (χ0n) is 36.1. The zero-order chi connectivity index (χ0) is 45.7. The Balaban J connectivity index is 2.47. The smallest absolute Gasteiger partial charge is 0.242 e. The van der Waals surface area contributed by atoms with Crippen LogP contribution >= 0.6 is 35.3 Å². The first-order valence-corrected chi connectivity index (χ1v) is 24.3. The first kappa shape index (κ1) is 55.5. The van der Waals surface area contributed by atoms with Gasteiger partial charge in [0.15, 0.2) is 5.78 Å². The Labute approximate surface area is 372 Å². The van der Waals surface area contributed by atoms with Crippen LogP contribution in [0, 0.1) is 11.8 Å². The molecule has 21 heteroatoms. The van der Waals surface area contributed by atoms with Gasteiger partial charge in [-0.3, -0.25) is 52.9 Å². The first-order chi connectivity index (χ1) is 29.0. The molecule has 8 N–H and O–H groups in total. The molecule has 0 spiro atoms. The molecule has 1 aliphatic heterocycles. The van der Waals surface area contributed by atoms with Gasteiger partial charge in [0.2, 0.25) is 41.4 Å². The van der Waals surface area contributed by atoms with E-state index in [9.17, 15) is 47.9 Å². The number of hydrogen-bond donors (Lipinski definition) is 6. The lowest BCUT2D eigenvalue weighted by atomic mass is 10.0. The summed E-state index contributed by atoms with van der Waals surface area (Å²) in [6, 6.07) is -0.843. The lowest BCUT2D eigenvalue weighted by Crippen LogP contribution is -2.49. The number of amides is 7. The van der Waals surface area contributed by atoms with Gasteiger partial charge >= 0.3 is 0 Å². The fraction of sp³-hybridized carbons (Fsp3) is 0.750. The maximum Gasteiger partial charge on any atom is 0.242 e. The summed E-state index contributed by atoms with van der Waals surface area (Å²) in [5.41, 5.74) is 5.40. The van der Waals surface area contributed by atoms with Gasteiger partial charge in [0.1, 0.15) is 24.2 Å². The Hall–Kier alpha value is -3.53. The molecule has 0 bridgehead atoms. The van der Waals surface area contributed by atoms with Gasteiger partial charge in [-0.15, -0.1) is 23.5 Å². The molecule has 1 heterocycles. The highest BCUT2D eigenvalue weighted by Gasteiger charge is 2.39. The second-order valence-electron chi connectivity index (χ2n) is 15.0. The molecule has 18 nitrogen and oxygen atoms in total. The van der Waals surface area contributed by atoms with Crippen molar-refractivity contribution in [2.45, 2.75) is 121 Å². The Morgan fingerprint density at radius 1 is 0.787 bits per heavy atom. The third-order valence-electron chi connectivity index (χ3n) is 9.59. The van der Waals surface area contributed by atoms with E-state index in [1.807, 2.05) is 13.2 Å². The number of hydrogen-bond acceptors (Lipinski definition) is 15. The molecule has 1 aliphatic rings. The molecular formula is C40H67N7O11S3. The number of primary amides is 1. The van der Waals surface area contributed by atoms with Crippen molar-refractivity contribution < 1.29 is 52.8 Å². The van der Waals surface area contributed by atoms with E-state index < -0.39 is 40.1 Å². The highest BCUT2D eigenvalue weighted by Crippen LogP contribution is 2.28. The van der Waals surface area contributed by atoms with Gasteiger partial charge in [-0.25, -0.2) is 5.90 Å². The molecule has 0 saturated carbocycles. The maximum absolute atomic E-state index is 13.2. The number of unbranched alkanes of at least 4 members (excludes halogenated alkanes) is 4. The third kappa shape index (κ3) is 24.0. The van der Waals surface area contributed by atoms with Gasteiger partial charge in [0.25, 0.3) is 0 Å². The van der Waals surface area contributed by atoms with Crippen LogP contribution in [0.1, 0.15) is 104 Å². The zero-order valence-corrected chi connectivity index (χ0v) is 38.5. The van der Waals surface area contributed by atoms with Gasteiger partial charge in [-0.05, 0) is 70.8 Å². The molecule has 7 amide bonds. The fourth-order valence-corrected chi connectivity index (χ4v) is 9.31. The summed E-state index contributed by atoms with van der Waals surface area (Å²) in [6.07, 6.45) is 6.39. The molecule has 346 valence electrons. The van der Waals surface area contributed by atoms with Gasteiger partial charge in [-0.2, -0.15) is 11.8 Å². The van der Waals surface area contributed by atoms with Gasteiger partial charge < -0.3 is 31.8 Å². The number of carbonyl (C=O) groups is 10. The summed E-state index contributed by atoms with van der Waals surface area (Å²) < 4.78 is 0. The quantitative estimate of drug-likeness (QED) is 0.0293. The topological polar surface area (TPSA) is 283 Å². The summed E-state index contributed by atoms with van der Waals surface area (Å²) in [4.78, 5) is 129. The number of nitrogens with two attached hydrogens (primary N) is 2. The van der Waals surface area contributed by atoms with E-state index in [0.717, 1.165) is 11.8 Å². The number of Topliss-reactive ketones (excluding diaryl/α,β-unsaturated/α-hetero) is 3. The van der Waals surface area contributed by atoms with Crippen molar-refractivity contribution in [3.8, 4) is 0 Å². The SMILES string of the molecule is CCSC(CC(C)=O)C(=O)NCCCCC(NC(=O)C(CSC)CC(C)=O)C(=O)NCCCCNC(=O)CCCCCN1C(=O)CC(SCC(CC(=O)CON)C(N)=O)C1=O. The van der Waals surface area contributed by atoms with Crippen molar-refractivity contribution in [1.82, 2.24) is 26.2 Å². The predicted octanol–water partition coefficient (Wildman–Crippen LogP) is 1.20. The molecular weight excluding hydrogens is 851 g/mol. The minimum Gasteiger partial charge on any atom is -0.369 e. The van der Waals surface area contributed by atoms with Crippen LogP contribution in [0.2, 0.25) is 0 Å². The van der Waals surface area contributed by atoms with Gasteiger partial charge in [0.05, 0.1) is 22.3 Å². The predicted molar refractivity (Wildman–Crippen MR) is 237 cm³/mol. The lowest BCUT2D eigenvalue weighted by Gasteiger charge is -2.22. The Bertz CT molecular complexity index is 1490. The van der Waals surface area contributed by atoms with E-state index in [1.54, 1.807) is 0 Å². The van der Waals surface area contributed by atoms with Crippen LogP contribution in [0.3, 0.4) is 0 Å². The Morgan fingerprint density at radius 3 is 2.03 bits per heavy atom. The third-order valence-corrected chi connectivity index (χ3v) is 12.8. The molecule has 5 unspecified atom stereocenters. The number of rotatable bonds is 36. The number of ketones is 3. The average Bonchev–Trinajstić information content (AvgIpc) is 3.46. The Morgan fingerprint density at radius 2 is 1.43 bits per heavy atom. The van der Waals surface area contributed by atoms with Crippen molar-refractivity contribution in [3.63, 3.8) is 0 Å². The van der Waals surface area contributed by atoms with Crippen molar-refractivity contribution in [2.24, 2.45) is 23.5 Å². The van der Waals surface area contributed by atoms with Crippen LogP contribution in [0.4, 0.5) is 0 Å². The van der Waals surface area contributed by atoms with Crippen LogP contribution in [-0.4, -0.2) is 136 Å². The highest BCUT2D eigenvalue weighted by atomic mass is 32.2. The highest BCUT2D eigenvalue weighted by molar-refractivity contribution is 8.00. The molecule has 1 saturated heterocycles. The van der Waals surface area contributed by atoms with E-state index in [-0.39, 0.29) is 98.0 Å². The van der Waals surface area contributed by atoms with E-state index in [4.69, 9.17) is 11.6 Å². The summed E-state index contributed by atoms with van der Waals surface area (Å²) in [6.45, 7) is 5.72. The number of thioether (sulfide) groups is 3. The van der Waals surface area contributed by atoms with Crippen LogP contribution in [0.15, 0.2) is 0 Å². The molecule has 5 atom stereocenters. The second kappa shape index (κ2) is 32.2. The van der Waals surface area contributed by atoms with Gasteiger partial charge in [-0.1, -0.05) is 13.3 Å². The second-order valence-corrected chi connectivity index (χ2v) is 18.6. The van der Waals surface area contributed by atoms with E-state index in [2.05, 4.69) is 26.1 Å². The monoisotopic (exact) mass is 917 g/mol. The molecule has 0 radical (unpaired) electrons.